The number of rotatable bonds is 12. The molecule has 9 atom stereocenters. The molecule has 276 valence electrons. The molecule has 1 amide bonds. The lowest BCUT2D eigenvalue weighted by molar-refractivity contribution is -0.757. The molecule has 0 radical (unpaired) electrons. The summed E-state index contributed by atoms with van der Waals surface area (Å²) in [6, 6.07) is 3.84. The Morgan fingerprint density at radius 2 is 1.78 bits per heavy atom. The third-order valence-electron chi connectivity index (χ3n) is 11.3. The summed E-state index contributed by atoms with van der Waals surface area (Å²) in [5.74, 6) is -5.68. The van der Waals surface area contributed by atoms with Crippen LogP contribution >= 0.6 is 0 Å². The average molecular weight is 719 g/mol. The van der Waals surface area contributed by atoms with E-state index >= 15 is 4.39 Å². The highest BCUT2D eigenvalue weighted by atomic mass is 19.1. The van der Waals surface area contributed by atoms with Crippen LogP contribution in [0.1, 0.15) is 55.5 Å². The number of aliphatic hydroxyl groups is 3. The number of hydrogen-bond acceptors (Lipinski definition) is 13. The summed E-state index contributed by atoms with van der Waals surface area (Å²) in [6.45, 7) is 0.889. The molecule has 5 rings (SSSR count). The molecule has 1 aromatic rings. The number of Topliss-reactive ketones (excluding diaryl/α,β-unsaturated/α-hetero) is 1. The van der Waals surface area contributed by atoms with Crippen molar-refractivity contribution < 1.29 is 68.2 Å². The first-order valence-electron chi connectivity index (χ1n) is 16.3. The molecule has 2 fully saturated rings. The lowest BCUT2D eigenvalue weighted by Crippen LogP contribution is -2.69. The normalized spacial score (nSPS) is 34.2. The van der Waals surface area contributed by atoms with Crippen molar-refractivity contribution in [3.05, 3.63) is 69.3 Å². The number of carbonyl (C=O) groups is 5. The van der Waals surface area contributed by atoms with Crippen molar-refractivity contribution in [1.29, 1.82) is 0 Å². The monoisotopic (exact) mass is 718 g/mol. The molecule has 0 heterocycles. The molecule has 0 bridgehead atoms. The summed E-state index contributed by atoms with van der Waals surface area (Å²) >= 11 is 0. The van der Waals surface area contributed by atoms with Gasteiger partial charge in [0.05, 0.1) is 17.8 Å². The lowest BCUT2D eigenvalue weighted by atomic mass is 9.45. The van der Waals surface area contributed by atoms with Gasteiger partial charge in [-0.1, -0.05) is 36.8 Å². The number of halogens is 1. The minimum absolute atomic E-state index is 0.00323. The second kappa shape index (κ2) is 13.8. The van der Waals surface area contributed by atoms with Crippen LogP contribution in [0, 0.1) is 32.8 Å². The Balaban J connectivity index is 1.20. The van der Waals surface area contributed by atoms with E-state index in [1.54, 1.807) is 13.0 Å². The first kappa shape index (κ1) is 37.5. The van der Waals surface area contributed by atoms with Crippen molar-refractivity contribution in [2.45, 2.75) is 75.5 Å². The smallest absolute Gasteiger partial charge is 0.408 e. The van der Waals surface area contributed by atoms with Gasteiger partial charge in [0.15, 0.2) is 29.7 Å². The molecule has 0 saturated heterocycles. The number of aliphatic hydroxyl groups excluding tert-OH is 2. The summed E-state index contributed by atoms with van der Waals surface area (Å²) in [6.07, 6.45) is -0.759. The zero-order valence-corrected chi connectivity index (χ0v) is 27.8. The van der Waals surface area contributed by atoms with E-state index in [4.69, 9.17) is 9.47 Å². The molecule has 4 aliphatic carbocycles. The number of benzene rings is 1. The highest BCUT2D eigenvalue weighted by molar-refractivity contribution is 5.94. The summed E-state index contributed by atoms with van der Waals surface area (Å²) in [5.41, 5.74) is -6.61. The Bertz CT molecular complexity index is 1680. The number of aliphatic carboxylic acids is 1. The molecule has 1 unspecified atom stereocenters. The summed E-state index contributed by atoms with van der Waals surface area (Å²) in [5, 5.41) is 55.2. The Kier molecular flexibility index (Phi) is 10.1. The third kappa shape index (κ3) is 6.38. The van der Waals surface area contributed by atoms with E-state index in [-0.39, 0.29) is 43.6 Å². The molecule has 1 aromatic carbocycles. The number of ketones is 2. The van der Waals surface area contributed by atoms with Gasteiger partial charge in [-0.05, 0) is 62.3 Å². The minimum atomic E-state index is -2.58. The number of carbonyl (C=O) groups excluding carboxylic acids is 4. The van der Waals surface area contributed by atoms with Gasteiger partial charge in [-0.2, -0.15) is 0 Å². The van der Waals surface area contributed by atoms with Crippen LogP contribution in [-0.4, -0.2) is 104 Å². The number of allylic oxidation sites excluding steroid dienone is 4. The van der Waals surface area contributed by atoms with E-state index in [0.717, 1.165) is 0 Å². The fraction of sp³-hybridized carbons (Fsp3) is 0.559. The maximum Gasteiger partial charge on any atom is 0.408 e. The molecule has 2 saturated carbocycles. The number of carboxylic acid groups (broad SMARTS) is 1. The highest BCUT2D eigenvalue weighted by Gasteiger charge is 2.76. The van der Waals surface area contributed by atoms with Crippen LogP contribution < -0.4 is 5.32 Å². The van der Waals surface area contributed by atoms with Gasteiger partial charge in [0.2, 0.25) is 5.78 Å². The Morgan fingerprint density at radius 3 is 2.43 bits per heavy atom. The van der Waals surface area contributed by atoms with Gasteiger partial charge in [-0.3, -0.25) is 9.59 Å². The average Bonchev–Trinajstić information content (AvgIpc) is 3.27. The second-order valence-corrected chi connectivity index (χ2v) is 13.9. The molecule has 16 nitrogen and oxygen atoms in total. The number of nitrogens with zero attached hydrogens (tertiary/aromatic N) is 1. The molecule has 5 N–H and O–H groups in total. The highest BCUT2D eigenvalue weighted by Crippen LogP contribution is 2.69. The van der Waals surface area contributed by atoms with Gasteiger partial charge < -0.3 is 40.1 Å². The van der Waals surface area contributed by atoms with Crippen molar-refractivity contribution >= 4 is 29.6 Å². The summed E-state index contributed by atoms with van der Waals surface area (Å²) in [4.78, 5) is 76.9. The molecule has 0 aliphatic heterocycles. The maximum absolute atomic E-state index is 17.3. The van der Waals surface area contributed by atoms with E-state index in [2.05, 4.69) is 4.84 Å². The third-order valence-corrected chi connectivity index (χ3v) is 11.3. The van der Waals surface area contributed by atoms with Crippen molar-refractivity contribution in [3.63, 3.8) is 0 Å². The molecular formula is C34H39FN2O14. The van der Waals surface area contributed by atoms with E-state index in [9.17, 15) is 54.5 Å². The number of alkyl halides is 1. The number of ether oxygens (including phenoxy) is 2. The molecular weight excluding hydrogens is 679 g/mol. The molecule has 0 spiro atoms. The molecule has 17 heteroatoms. The summed E-state index contributed by atoms with van der Waals surface area (Å²) in [7, 11) is 0. The zero-order chi connectivity index (χ0) is 37.5. The molecule has 51 heavy (non-hydrogen) atoms. The Hall–Kier alpha value is -4.74. The van der Waals surface area contributed by atoms with E-state index in [1.807, 2.05) is 5.32 Å². The van der Waals surface area contributed by atoms with Crippen molar-refractivity contribution in [2.75, 3.05) is 19.8 Å². The van der Waals surface area contributed by atoms with Crippen molar-refractivity contribution in [3.8, 4) is 0 Å². The van der Waals surface area contributed by atoms with Gasteiger partial charge in [-0.15, -0.1) is 10.1 Å². The van der Waals surface area contributed by atoms with Gasteiger partial charge in [0.1, 0.15) is 13.2 Å². The number of carboxylic acids is 1. The number of alkyl carbamates (subject to hydrolysis) is 1. The largest absolute Gasteiger partial charge is 0.480 e. The van der Waals surface area contributed by atoms with Crippen LogP contribution in [0.3, 0.4) is 0 Å². The maximum atomic E-state index is 17.3. The van der Waals surface area contributed by atoms with E-state index < -0.39 is 101 Å². The van der Waals surface area contributed by atoms with Crippen LogP contribution in [0.5, 0.6) is 0 Å². The van der Waals surface area contributed by atoms with E-state index in [0.29, 0.717) is 11.1 Å². The number of nitrogens with one attached hydrogen (secondary N) is 1. The molecule has 0 aromatic heterocycles. The summed E-state index contributed by atoms with van der Waals surface area (Å²) < 4.78 is 27.2. The van der Waals surface area contributed by atoms with Crippen molar-refractivity contribution in [1.82, 2.24) is 5.32 Å². The van der Waals surface area contributed by atoms with Gasteiger partial charge >= 0.3 is 18.0 Å². The van der Waals surface area contributed by atoms with Gasteiger partial charge in [0.25, 0.3) is 5.09 Å². The first-order chi connectivity index (χ1) is 23.9. The van der Waals surface area contributed by atoms with E-state index in [1.165, 1.54) is 43.3 Å². The van der Waals surface area contributed by atoms with Crippen LogP contribution in [-0.2, 0) is 35.1 Å². The minimum Gasteiger partial charge on any atom is -0.480 e. The Labute approximate surface area is 290 Å². The van der Waals surface area contributed by atoms with Crippen LogP contribution in [0.15, 0.2) is 48.1 Å². The van der Waals surface area contributed by atoms with Gasteiger partial charge in [-0.25, -0.2) is 18.8 Å². The molecule has 4 aliphatic rings. The SMILES string of the molecule is C[C@]12C=CC(=O)CC1=CC[C@H]1[C@@H]3C[C@@H](O)[C@](O)(C(=O)COC(=O)NC(COC(=O)c4ccc(CCO[N+](=O)[O-])cc4)C(=O)O)[C@@]3(C)C[C@H](O)[C@@]12F. The van der Waals surface area contributed by atoms with Crippen molar-refractivity contribution in [2.24, 2.45) is 22.7 Å². The number of esters is 1. The predicted octanol–water partition coefficient (Wildman–Crippen LogP) is 1.42. The van der Waals surface area contributed by atoms with Gasteiger partial charge in [0, 0.05) is 23.2 Å². The topological polar surface area (TPSA) is 249 Å². The number of amides is 1. The Morgan fingerprint density at radius 1 is 1.10 bits per heavy atom. The second-order valence-electron chi connectivity index (χ2n) is 13.9. The fourth-order valence-corrected chi connectivity index (χ4v) is 8.52. The lowest BCUT2D eigenvalue weighted by Gasteiger charge is -2.61. The standard InChI is InChI=1S/C34H39FN2O14/c1-31-11-9-21(38)13-20(31)7-8-22-23-14-25(39)34(46,32(23,2)15-26(40)33(22,31)35)27(41)17-50-30(45)36-24(28(42)43)16-49-29(44)19-5-3-18(4-6-19)10-12-51-37(47)48/h3-7,9,11,22-26,39-40,46H,8,10,12-17H2,1-2H3,(H,36,45)(H,42,43)/t22-,23-,24?,25+,26-,31-,32-,33-,34-/m0/s1. The quantitative estimate of drug-likeness (QED) is 0.0888. The number of hydrogen-bond donors (Lipinski definition) is 5. The fourth-order valence-electron chi connectivity index (χ4n) is 8.52. The first-order valence-corrected chi connectivity index (χ1v) is 16.3. The van der Waals surface area contributed by atoms with Crippen LogP contribution in [0.25, 0.3) is 0 Å². The predicted molar refractivity (Wildman–Crippen MR) is 169 cm³/mol. The zero-order valence-electron chi connectivity index (χ0n) is 27.8. The van der Waals surface area contributed by atoms with Crippen LogP contribution in [0.2, 0.25) is 0 Å². The van der Waals surface area contributed by atoms with Crippen LogP contribution in [0.4, 0.5) is 9.18 Å². The number of fused-ring (bicyclic) bond motifs is 5.